The summed E-state index contributed by atoms with van der Waals surface area (Å²) in [5.74, 6) is 1.24. The molecule has 8 heteroatoms. The van der Waals surface area contributed by atoms with Crippen LogP contribution in [0.2, 0.25) is 0 Å². The van der Waals surface area contributed by atoms with Crippen molar-refractivity contribution in [1.29, 1.82) is 0 Å². The van der Waals surface area contributed by atoms with Crippen LogP contribution in [0.1, 0.15) is 42.8 Å². The molecule has 23 heavy (non-hydrogen) atoms. The van der Waals surface area contributed by atoms with Crippen molar-refractivity contribution < 1.29 is 12.8 Å². The zero-order chi connectivity index (χ0) is 16.8. The quantitative estimate of drug-likeness (QED) is 0.805. The third kappa shape index (κ3) is 2.92. The molecule has 0 atom stereocenters. The molecule has 0 N–H and O–H groups in total. The fourth-order valence-corrected chi connectivity index (χ4v) is 4.99. The molecule has 126 valence electrons. The molecule has 0 bridgehead atoms. The van der Waals surface area contributed by atoms with Crippen LogP contribution < -0.4 is 0 Å². The molecule has 0 aliphatic heterocycles. The third-order valence-corrected chi connectivity index (χ3v) is 6.38. The maximum absolute atomic E-state index is 13.0. The van der Waals surface area contributed by atoms with Crippen molar-refractivity contribution in [3.8, 4) is 0 Å². The Bertz CT molecular complexity index is 818. The monoisotopic (exact) mass is 338 g/mol. The van der Waals surface area contributed by atoms with Crippen molar-refractivity contribution in [2.75, 3.05) is 6.54 Å². The summed E-state index contributed by atoms with van der Waals surface area (Å²) in [5, 5.41) is 4.39. The molecule has 2 heterocycles. The second-order valence-electron chi connectivity index (χ2n) is 5.96. The number of aryl methyl sites for hydroxylation is 2. The van der Waals surface area contributed by atoms with Crippen molar-refractivity contribution in [2.24, 2.45) is 0 Å². The fraction of sp³-hybridized carbons (Fsp3) is 0.600. The molecular formula is C15H22N4O3S. The normalized spacial score (nSPS) is 15.5. The Balaban J connectivity index is 1.97. The van der Waals surface area contributed by atoms with Gasteiger partial charge in [0.25, 0.3) is 0 Å². The minimum Gasteiger partial charge on any atom is -0.444 e. The van der Waals surface area contributed by atoms with E-state index in [0.29, 0.717) is 35.3 Å². The highest BCUT2D eigenvalue weighted by atomic mass is 32.2. The summed E-state index contributed by atoms with van der Waals surface area (Å²) in [7, 11) is -3.52. The minimum absolute atomic E-state index is 0.140. The lowest BCUT2D eigenvalue weighted by atomic mass is 10.4. The molecule has 0 amide bonds. The Labute approximate surface area is 136 Å². The van der Waals surface area contributed by atoms with Crippen molar-refractivity contribution >= 4 is 10.0 Å². The van der Waals surface area contributed by atoms with Gasteiger partial charge in [0, 0.05) is 12.6 Å². The number of rotatable bonds is 6. The number of hydrogen-bond donors (Lipinski definition) is 0. The molecule has 0 saturated heterocycles. The Morgan fingerprint density at radius 1 is 1.35 bits per heavy atom. The highest BCUT2D eigenvalue weighted by molar-refractivity contribution is 7.89. The average Bonchev–Trinajstić information content (AvgIpc) is 3.13. The first-order valence-electron chi connectivity index (χ1n) is 7.81. The summed E-state index contributed by atoms with van der Waals surface area (Å²) in [6.07, 6.45) is 3.52. The Hall–Kier alpha value is -1.67. The first-order valence-corrected chi connectivity index (χ1v) is 9.25. The molecule has 2 aromatic rings. The van der Waals surface area contributed by atoms with Gasteiger partial charge in [-0.2, -0.15) is 9.40 Å². The lowest BCUT2D eigenvalue weighted by Gasteiger charge is -2.20. The molecule has 0 aromatic carbocycles. The highest BCUT2D eigenvalue weighted by Crippen LogP contribution is 2.33. The topological polar surface area (TPSA) is 81.2 Å². The lowest BCUT2D eigenvalue weighted by molar-refractivity contribution is 0.419. The van der Waals surface area contributed by atoms with E-state index in [1.807, 2.05) is 13.8 Å². The molecule has 2 aromatic heterocycles. The molecular weight excluding hydrogens is 316 g/mol. The van der Waals surface area contributed by atoms with Gasteiger partial charge >= 0.3 is 0 Å². The predicted octanol–water partition coefficient (Wildman–Crippen LogP) is 2.02. The Morgan fingerprint density at radius 3 is 2.57 bits per heavy atom. The van der Waals surface area contributed by atoms with Crippen LogP contribution in [-0.4, -0.2) is 40.1 Å². The zero-order valence-corrected chi connectivity index (χ0v) is 14.7. The van der Waals surface area contributed by atoms with Gasteiger partial charge in [-0.3, -0.25) is 4.68 Å². The highest BCUT2D eigenvalue weighted by Gasteiger charge is 2.39. The molecule has 3 rings (SSSR count). The average molecular weight is 338 g/mol. The molecule has 1 aliphatic rings. The van der Waals surface area contributed by atoms with E-state index in [4.69, 9.17) is 4.42 Å². The van der Waals surface area contributed by atoms with E-state index in [0.717, 1.165) is 18.6 Å². The van der Waals surface area contributed by atoms with E-state index in [1.54, 1.807) is 29.0 Å². The van der Waals surface area contributed by atoms with Crippen molar-refractivity contribution in [1.82, 2.24) is 19.1 Å². The summed E-state index contributed by atoms with van der Waals surface area (Å²) in [5.41, 5.74) is 1.14. The maximum atomic E-state index is 13.0. The van der Waals surface area contributed by atoms with Gasteiger partial charge in [0.15, 0.2) is 0 Å². The van der Waals surface area contributed by atoms with E-state index >= 15 is 0 Å². The molecule has 0 unspecified atom stereocenters. The molecule has 0 spiro atoms. The number of nitrogens with zero attached hydrogens (tertiary/aromatic N) is 4. The zero-order valence-electron chi connectivity index (χ0n) is 13.9. The number of aromatic nitrogens is 3. The number of sulfonamides is 1. The van der Waals surface area contributed by atoms with Crippen LogP contribution in [0.25, 0.3) is 0 Å². The summed E-state index contributed by atoms with van der Waals surface area (Å²) in [6, 6.07) is 0.140. The standard InChI is InChI=1S/C15H22N4O3S/c1-5-19(13-6-7-13)23(20,21)15-11(3)17-18(12(15)4)9-14-16-8-10(2)22-14/h8,13H,5-7,9H2,1-4H3. The van der Waals surface area contributed by atoms with E-state index in [9.17, 15) is 8.42 Å². The van der Waals surface area contributed by atoms with Crippen LogP contribution in [0.3, 0.4) is 0 Å². The van der Waals surface area contributed by atoms with Gasteiger partial charge in [-0.1, -0.05) is 6.92 Å². The Morgan fingerprint density at radius 2 is 2.04 bits per heavy atom. The molecule has 7 nitrogen and oxygen atoms in total. The first kappa shape index (κ1) is 16.2. The van der Waals surface area contributed by atoms with Gasteiger partial charge in [-0.25, -0.2) is 13.4 Å². The summed E-state index contributed by atoms with van der Waals surface area (Å²) >= 11 is 0. The van der Waals surface area contributed by atoms with E-state index in [-0.39, 0.29) is 6.04 Å². The Kier molecular flexibility index (Phi) is 4.05. The van der Waals surface area contributed by atoms with Crippen LogP contribution in [0.4, 0.5) is 0 Å². The SMILES string of the molecule is CCN(C1CC1)S(=O)(=O)c1c(C)nn(Cc2ncc(C)o2)c1C. The van der Waals surface area contributed by atoms with Crippen LogP contribution in [0.5, 0.6) is 0 Å². The second kappa shape index (κ2) is 5.76. The van der Waals surface area contributed by atoms with E-state index in [1.165, 1.54) is 0 Å². The van der Waals surface area contributed by atoms with Crippen LogP contribution in [0, 0.1) is 20.8 Å². The second-order valence-corrected chi connectivity index (χ2v) is 7.79. The fourth-order valence-electron chi connectivity index (χ4n) is 2.91. The predicted molar refractivity (Wildman–Crippen MR) is 84.6 cm³/mol. The number of hydrogen-bond acceptors (Lipinski definition) is 5. The van der Waals surface area contributed by atoms with Crippen molar-refractivity contribution in [2.45, 2.75) is 58.0 Å². The van der Waals surface area contributed by atoms with Gasteiger partial charge < -0.3 is 4.42 Å². The first-order chi connectivity index (χ1) is 10.8. The van der Waals surface area contributed by atoms with E-state index in [2.05, 4.69) is 10.1 Å². The lowest BCUT2D eigenvalue weighted by Crippen LogP contribution is -2.33. The number of oxazole rings is 1. The largest absolute Gasteiger partial charge is 0.444 e. The van der Waals surface area contributed by atoms with Gasteiger partial charge in [0.05, 0.1) is 17.6 Å². The molecule has 1 aliphatic carbocycles. The minimum atomic E-state index is -3.52. The summed E-state index contributed by atoms with van der Waals surface area (Å²) in [6.45, 7) is 8.02. The van der Waals surface area contributed by atoms with Gasteiger partial charge in [-0.15, -0.1) is 0 Å². The van der Waals surface area contributed by atoms with Gasteiger partial charge in [0.2, 0.25) is 15.9 Å². The van der Waals surface area contributed by atoms with E-state index < -0.39 is 10.0 Å². The molecule has 0 radical (unpaired) electrons. The third-order valence-electron chi connectivity index (χ3n) is 4.10. The molecule has 1 fully saturated rings. The van der Waals surface area contributed by atoms with Crippen molar-refractivity contribution in [3.05, 3.63) is 29.2 Å². The van der Waals surface area contributed by atoms with Crippen LogP contribution >= 0.6 is 0 Å². The smallest absolute Gasteiger partial charge is 0.246 e. The molecule has 1 saturated carbocycles. The van der Waals surface area contributed by atoms with Crippen LogP contribution in [-0.2, 0) is 16.6 Å². The van der Waals surface area contributed by atoms with Crippen molar-refractivity contribution in [3.63, 3.8) is 0 Å². The van der Waals surface area contributed by atoms with Crippen LogP contribution in [0.15, 0.2) is 15.5 Å². The summed E-state index contributed by atoms with van der Waals surface area (Å²) < 4.78 is 34.7. The summed E-state index contributed by atoms with van der Waals surface area (Å²) in [4.78, 5) is 4.47. The van der Waals surface area contributed by atoms with Gasteiger partial charge in [0.1, 0.15) is 17.2 Å². The van der Waals surface area contributed by atoms with Gasteiger partial charge in [-0.05, 0) is 33.6 Å². The maximum Gasteiger partial charge on any atom is 0.246 e.